The second-order valence-corrected chi connectivity index (χ2v) is 4.47. The van der Waals surface area contributed by atoms with Crippen LogP contribution in [0.25, 0.3) is 0 Å². The predicted molar refractivity (Wildman–Crippen MR) is 87.4 cm³/mol. The second kappa shape index (κ2) is 9.13. The lowest BCUT2D eigenvalue weighted by atomic mass is 10.2. The highest BCUT2D eigenvalue weighted by Gasteiger charge is 2.02. The fourth-order valence-corrected chi connectivity index (χ4v) is 1.39. The molecule has 1 aromatic rings. The van der Waals surface area contributed by atoms with E-state index in [4.69, 9.17) is 0 Å². The van der Waals surface area contributed by atoms with Crippen LogP contribution in [0.4, 0.5) is 0 Å². The van der Waals surface area contributed by atoms with Gasteiger partial charge in [-0.3, -0.25) is 9.98 Å². The van der Waals surface area contributed by atoms with Gasteiger partial charge in [0.15, 0.2) is 5.96 Å². The van der Waals surface area contributed by atoms with E-state index >= 15 is 0 Å². The van der Waals surface area contributed by atoms with Crippen LogP contribution >= 0.6 is 24.0 Å². The summed E-state index contributed by atoms with van der Waals surface area (Å²) in [6.07, 6.45) is 1.81. The maximum Gasteiger partial charge on any atom is 0.191 e. The molecule has 0 aliphatic rings. The summed E-state index contributed by atoms with van der Waals surface area (Å²) in [5.41, 5.74) is 2.25. The first-order valence-corrected chi connectivity index (χ1v) is 5.98. The van der Waals surface area contributed by atoms with Gasteiger partial charge in [-0.1, -0.05) is 19.9 Å². The zero-order chi connectivity index (χ0) is 12.7. The molecule has 1 heterocycles. The van der Waals surface area contributed by atoms with Crippen molar-refractivity contribution in [3.63, 3.8) is 0 Å². The molecule has 0 radical (unpaired) electrons. The number of halogens is 1. The highest BCUT2D eigenvalue weighted by atomic mass is 127. The Kier molecular flexibility index (Phi) is 8.70. The van der Waals surface area contributed by atoms with Gasteiger partial charge in [-0.15, -0.1) is 24.0 Å². The first kappa shape index (κ1) is 17.2. The minimum Gasteiger partial charge on any atom is -0.356 e. The van der Waals surface area contributed by atoms with Gasteiger partial charge in [-0.2, -0.15) is 0 Å². The van der Waals surface area contributed by atoms with Gasteiger partial charge in [0.25, 0.3) is 0 Å². The zero-order valence-electron chi connectivity index (χ0n) is 11.5. The van der Waals surface area contributed by atoms with Crippen LogP contribution in [-0.2, 0) is 6.54 Å². The Morgan fingerprint density at radius 3 is 2.67 bits per heavy atom. The van der Waals surface area contributed by atoms with E-state index in [0.29, 0.717) is 12.5 Å². The van der Waals surface area contributed by atoms with Gasteiger partial charge in [0.2, 0.25) is 0 Å². The quantitative estimate of drug-likeness (QED) is 0.491. The number of pyridine rings is 1. The third-order valence-electron chi connectivity index (χ3n) is 2.44. The van der Waals surface area contributed by atoms with E-state index in [9.17, 15) is 0 Å². The molecule has 0 aliphatic heterocycles. The van der Waals surface area contributed by atoms with Crippen molar-refractivity contribution in [2.45, 2.75) is 27.3 Å². The fourth-order valence-electron chi connectivity index (χ4n) is 1.39. The van der Waals surface area contributed by atoms with Gasteiger partial charge in [0.05, 0.1) is 12.2 Å². The maximum atomic E-state index is 4.33. The van der Waals surface area contributed by atoms with Crippen LogP contribution in [0.3, 0.4) is 0 Å². The number of hydrogen-bond donors (Lipinski definition) is 2. The number of hydrogen-bond acceptors (Lipinski definition) is 2. The van der Waals surface area contributed by atoms with Crippen LogP contribution in [0.2, 0.25) is 0 Å². The van der Waals surface area contributed by atoms with Gasteiger partial charge in [-0.25, -0.2) is 0 Å². The molecule has 2 N–H and O–H groups in total. The lowest BCUT2D eigenvalue weighted by molar-refractivity contribution is 0.614. The Morgan fingerprint density at radius 2 is 2.11 bits per heavy atom. The molecular weight excluding hydrogens is 339 g/mol. The van der Waals surface area contributed by atoms with Crippen LogP contribution in [-0.4, -0.2) is 24.5 Å². The van der Waals surface area contributed by atoms with Crippen LogP contribution in [0.15, 0.2) is 23.3 Å². The van der Waals surface area contributed by atoms with Crippen molar-refractivity contribution in [3.05, 3.63) is 29.6 Å². The third-order valence-corrected chi connectivity index (χ3v) is 2.44. The Hall–Kier alpha value is -0.850. The minimum absolute atomic E-state index is 0. The summed E-state index contributed by atoms with van der Waals surface area (Å²) in [4.78, 5) is 8.51. The van der Waals surface area contributed by atoms with Gasteiger partial charge in [-0.05, 0) is 24.5 Å². The topological polar surface area (TPSA) is 49.3 Å². The summed E-state index contributed by atoms with van der Waals surface area (Å²) < 4.78 is 0. The maximum absolute atomic E-state index is 4.33. The second-order valence-electron chi connectivity index (χ2n) is 4.47. The van der Waals surface area contributed by atoms with Crippen molar-refractivity contribution < 1.29 is 0 Å². The van der Waals surface area contributed by atoms with E-state index in [1.54, 1.807) is 7.05 Å². The highest BCUT2D eigenvalue weighted by Crippen LogP contribution is 2.01. The van der Waals surface area contributed by atoms with Crippen LogP contribution in [0.1, 0.15) is 25.1 Å². The first-order chi connectivity index (χ1) is 8.13. The molecule has 0 fully saturated rings. The molecule has 1 aromatic heterocycles. The number of nitrogens with one attached hydrogen (secondary N) is 2. The molecule has 0 saturated carbocycles. The Bertz CT molecular complexity index is 377. The molecule has 4 nitrogen and oxygen atoms in total. The van der Waals surface area contributed by atoms with E-state index in [-0.39, 0.29) is 24.0 Å². The lowest BCUT2D eigenvalue weighted by Gasteiger charge is -2.13. The van der Waals surface area contributed by atoms with E-state index < -0.39 is 0 Å². The summed E-state index contributed by atoms with van der Waals surface area (Å²) in [6.45, 7) is 8.02. The van der Waals surface area contributed by atoms with Crippen molar-refractivity contribution in [1.82, 2.24) is 15.6 Å². The van der Waals surface area contributed by atoms with E-state index in [1.165, 1.54) is 5.56 Å². The van der Waals surface area contributed by atoms with Crippen LogP contribution in [0.5, 0.6) is 0 Å². The molecule has 18 heavy (non-hydrogen) atoms. The number of aromatic nitrogens is 1. The average molecular weight is 362 g/mol. The van der Waals surface area contributed by atoms with Crippen molar-refractivity contribution in [3.8, 4) is 0 Å². The Labute approximate surface area is 127 Å². The average Bonchev–Trinajstić information content (AvgIpc) is 2.31. The van der Waals surface area contributed by atoms with Gasteiger partial charge in [0, 0.05) is 19.8 Å². The fraction of sp³-hybridized carbons (Fsp3) is 0.538. The SMILES string of the molecule is CN=C(NCc1ncccc1C)NCC(C)C.I. The first-order valence-electron chi connectivity index (χ1n) is 5.98. The predicted octanol–water partition coefficient (Wildman–Crippen LogP) is 2.33. The standard InChI is InChI=1S/C13H22N4.HI/c1-10(2)8-16-13(14-4)17-9-12-11(3)6-5-7-15-12;/h5-7,10H,8-9H2,1-4H3,(H2,14,16,17);1H. The summed E-state index contributed by atoms with van der Waals surface area (Å²) >= 11 is 0. The molecule has 1 rings (SSSR count). The van der Waals surface area contributed by atoms with Crippen molar-refractivity contribution in [2.24, 2.45) is 10.9 Å². The lowest BCUT2D eigenvalue weighted by Crippen LogP contribution is -2.38. The molecule has 0 unspecified atom stereocenters. The van der Waals surface area contributed by atoms with Crippen molar-refractivity contribution in [1.29, 1.82) is 0 Å². The normalized spacial score (nSPS) is 11.1. The number of guanidine groups is 1. The number of aliphatic imine (C=N–C) groups is 1. The van der Waals surface area contributed by atoms with Gasteiger partial charge in [0.1, 0.15) is 0 Å². The summed E-state index contributed by atoms with van der Waals surface area (Å²) in [6, 6.07) is 4.01. The molecule has 5 heteroatoms. The van der Waals surface area contributed by atoms with Gasteiger partial charge < -0.3 is 10.6 Å². The number of rotatable bonds is 4. The van der Waals surface area contributed by atoms with Crippen LogP contribution in [0, 0.1) is 12.8 Å². The molecule has 0 bridgehead atoms. The van der Waals surface area contributed by atoms with Crippen molar-refractivity contribution >= 4 is 29.9 Å². The third kappa shape index (κ3) is 6.18. The van der Waals surface area contributed by atoms with Gasteiger partial charge >= 0.3 is 0 Å². The molecule has 0 atom stereocenters. The molecular formula is C13H23IN4. The number of nitrogens with zero attached hydrogens (tertiary/aromatic N) is 2. The summed E-state index contributed by atoms with van der Waals surface area (Å²) in [7, 11) is 1.78. The van der Waals surface area contributed by atoms with E-state index in [0.717, 1.165) is 18.2 Å². The Balaban J connectivity index is 0.00000289. The number of aryl methyl sites for hydroxylation is 1. The largest absolute Gasteiger partial charge is 0.356 e. The molecule has 0 aliphatic carbocycles. The highest BCUT2D eigenvalue weighted by molar-refractivity contribution is 14.0. The van der Waals surface area contributed by atoms with Crippen molar-refractivity contribution in [2.75, 3.05) is 13.6 Å². The summed E-state index contributed by atoms with van der Waals surface area (Å²) in [5.74, 6) is 1.42. The zero-order valence-corrected chi connectivity index (χ0v) is 13.9. The summed E-state index contributed by atoms with van der Waals surface area (Å²) in [5, 5.41) is 6.53. The monoisotopic (exact) mass is 362 g/mol. The van der Waals surface area contributed by atoms with E-state index in [1.807, 2.05) is 12.3 Å². The minimum atomic E-state index is 0. The molecule has 0 amide bonds. The molecule has 0 aromatic carbocycles. The molecule has 0 saturated heterocycles. The molecule has 102 valence electrons. The molecule has 0 spiro atoms. The van der Waals surface area contributed by atoms with Crippen LogP contribution < -0.4 is 10.6 Å². The smallest absolute Gasteiger partial charge is 0.191 e. The van der Waals surface area contributed by atoms with E-state index in [2.05, 4.69) is 47.4 Å². The Morgan fingerprint density at radius 1 is 1.39 bits per heavy atom.